The summed E-state index contributed by atoms with van der Waals surface area (Å²) in [5, 5.41) is 13.8. The molecule has 0 spiro atoms. The van der Waals surface area contributed by atoms with Crippen LogP contribution in [-0.4, -0.2) is 52.4 Å². The zero-order chi connectivity index (χ0) is 17.4. The summed E-state index contributed by atoms with van der Waals surface area (Å²) in [5.74, 6) is 0.353. The summed E-state index contributed by atoms with van der Waals surface area (Å²) in [7, 11) is 0. The average molecular weight is 343 g/mol. The van der Waals surface area contributed by atoms with Crippen molar-refractivity contribution in [1.29, 1.82) is 0 Å². The van der Waals surface area contributed by atoms with Gasteiger partial charge in [0.2, 0.25) is 11.7 Å². The summed E-state index contributed by atoms with van der Waals surface area (Å²) in [6.45, 7) is 4.67. The van der Waals surface area contributed by atoms with Gasteiger partial charge >= 0.3 is 5.97 Å². The van der Waals surface area contributed by atoms with Crippen molar-refractivity contribution in [3.8, 4) is 11.4 Å². The Labute approximate surface area is 145 Å². The fourth-order valence-corrected chi connectivity index (χ4v) is 3.85. The molecule has 132 valence electrons. The van der Waals surface area contributed by atoms with E-state index in [0.29, 0.717) is 51.0 Å². The topological polar surface area (TPSA) is 88.7 Å². The zero-order valence-corrected chi connectivity index (χ0v) is 14.1. The van der Waals surface area contributed by atoms with Gasteiger partial charge in [-0.2, -0.15) is 4.98 Å². The molecule has 7 nitrogen and oxygen atoms in total. The number of aryl methyl sites for hydroxylation is 1. The van der Waals surface area contributed by atoms with Crippen LogP contribution in [0.3, 0.4) is 0 Å². The van der Waals surface area contributed by atoms with Gasteiger partial charge in [-0.1, -0.05) is 35.0 Å². The lowest BCUT2D eigenvalue weighted by molar-refractivity contribution is -0.157. The van der Waals surface area contributed by atoms with Crippen molar-refractivity contribution in [2.45, 2.75) is 19.9 Å². The monoisotopic (exact) mass is 343 g/mol. The molecule has 2 saturated heterocycles. The van der Waals surface area contributed by atoms with Crippen molar-refractivity contribution in [2.24, 2.45) is 11.3 Å². The van der Waals surface area contributed by atoms with Gasteiger partial charge in [-0.05, 0) is 13.3 Å². The van der Waals surface area contributed by atoms with Gasteiger partial charge in [0.05, 0.1) is 18.6 Å². The second-order valence-corrected chi connectivity index (χ2v) is 7.03. The summed E-state index contributed by atoms with van der Waals surface area (Å²) < 4.78 is 10.9. The molecule has 2 aromatic rings. The number of ether oxygens (including phenoxy) is 1. The van der Waals surface area contributed by atoms with E-state index in [0.717, 1.165) is 5.56 Å². The van der Waals surface area contributed by atoms with Gasteiger partial charge in [0.15, 0.2) is 0 Å². The Balaban J connectivity index is 1.48. The number of aromatic nitrogens is 2. The van der Waals surface area contributed by atoms with Gasteiger partial charge in [0.1, 0.15) is 0 Å². The van der Waals surface area contributed by atoms with Crippen LogP contribution in [-0.2, 0) is 16.1 Å². The predicted molar refractivity (Wildman–Crippen MR) is 88.7 cm³/mol. The standard InChI is InChI=1S/C18H21N3O4/c1-12-2-4-13(5-3-12)16-19-15(25-20-16)9-21-8-14-10-24-7-6-18(14,11-21)17(22)23/h2-5,14H,6-11H2,1H3,(H,22,23)/t14-,18+/m1/s1. The highest BCUT2D eigenvalue weighted by Crippen LogP contribution is 2.42. The van der Waals surface area contributed by atoms with Crippen LogP contribution in [0, 0.1) is 18.3 Å². The van der Waals surface area contributed by atoms with Gasteiger partial charge in [-0.3, -0.25) is 9.69 Å². The number of hydrogen-bond acceptors (Lipinski definition) is 6. The molecule has 3 heterocycles. The van der Waals surface area contributed by atoms with E-state index in [1.165, 1.54) is 5.56 Å². The number of aliphatic carboxylic acids is 1. The number of fused-ring (bicyclic) bond motifs is 1. The van der Waals surface area contributed by atoms with Crippen molar-refractivity contribution in [3.05, 3.63) is 35.7 Å². The molecule has 4 rings (SSSR count). The largest absolute Gasteiger partial charge is 0.481 e. The lowest BCUT2D eigenvalue weighted by Crippen LogP contribution is -2.44. The molecule has 2 aliphatic rings. The number of carboxylic acids is 1. The van der Waals surface area contributed by atoms with E-state index in [1.807, 2.05) is 31.2 Å². The maximum absolute atomic E-state index is 11.8. The third kappa shape index (κ3) is 2.94. The highest BCUT2D eigenvalue weighted by molar-refractivity contribution is 5.76. The normalized spacial score (nSPS) is 26.5. The Morgan fingerprint density at radius 1 is 1.40 bits per heavy atom. The van der Waals surface area contributed by atoms with Crippen molar-refractivity contribution in [1.82, 2.24) is 15.0 Å². The molecule has 1 aromatic heterocycles. The number of hydrogen-bond donors (Lipinski definition) is 1. The van der Waals surface area contributed by atoms with E-state index in [1.54, 1.807) is 0 Å². The van der Waals surface area contributed by atoms with Gasteiger partial charge in [0, 0.05) is 31.2 Å². The highest BCUT2D eigenvalue weighted by atomic mass is 16.5. The van der Waals surface area contributed by atoms with E-state index in [2.05, 4.69) is 15.0 Å². The third-order valence-electron chi connectivity index (χ3n) is 5.34. The summed E-state index contributed by atoms with van der Waals surface area (Å²) in [6, 6.07) is 7.94. The Morgan fingerprint density at radius 2 is 2.20 bits per heavy atom. The number of carboxylic acid groups (broad SMARTS) is 1. The molecule has 2 fully saturated rings. The van der Waals surface area contributed by atoms with E-state index in [-0.39, 0.29) is 5.92 Å². The molecule has 1 N–H and O–H groups in total. The highest BCUT2D eigenvalue weighted by Gasteiger charge is 2.53. The van der Waals surface area contributed by atoms with Crippen LogP contribution >= 0.6 is 0 Å². The molecular formula is C18H21N3O4. The van der Waals surface area contributed by atoms with Gasteiger partial charge in [0.25, 0.3) is 0 Å². The lowest BCUT2D eigenvalue weighted by Gasteiger charge is -2.34. The van der Waals surface area contributed by atoms with E-state index < -0.39 is 11.4 Å². The van der Waals surface area contributed by atoms with Gasteiger partial charge in [-0.15, -0.1) is 0 Å². The molecule has 2 atom stereocenters. The van der Waals surface area contributed by atoms with Crippen LogP contribution in [0.2, 0.25) is 0 Å². The first-order valence-electron chi connectivity index (χ1n) is 8.50. The van der Waals surface area contributed by atoms with Crippen molar-refractivity contribution in [3.63, 3.8) is 0 Å². The molecule has 25 heavy (non-hydrogen) atoms. The Bertz CT molecular complexity index is 773. The minimum absolute atomic E-state index is 0.0123. The van der Waals surface area contributed by atoms with Crippen LogP contribution < -0.4 is 0 Å². The summed E-state index contributed by atoms with van der Waals surface area (Å²) in [6.07, 6.45) is 0.557. The van der Waals surface area contributed by atoms with Crippen molar-refractivity contribution >= 4 is 5.97 Å². The maximum Gasteiger partial charge on any atom is 0.311 e. The Kier molecular flexibility index (Phi) is 4.05. The first-order valence-corrected chi connectivity index (χ1v) is 8.50. The molecule has 0 unspecified atom stereocenters. The Hall–Kier alpha value is -2.25. The molecule has 1 aromatic carbocycles. The molecule has 0 aliphatic carbocycles. The fraction of sp³-hybridized carbons (Fsp3) is 0.500. The number of nitrogens with zero attached hydrogens (tertiary/aromatic N) is 3. The number of rotatable bonds is 4. The predicted octanol–water partition coefficient (Wildman–Crippen LogP) is 1.97. The first kappa shape index (κ1) is 16.2. The SMILES string of the molecule is Cc1ccc(-c2noc(CN3C[C@@H]4COCC[C@]4(C(=O)O)C3)n2)cc1. The van der Waals surface area contributed by atoms with Crippen LogP contribution in [0.5, 0.6) is 0 Å². The van der Waals surface area contributed by atoms with E-state index in [9.17, 15) is 9.90 Å². The minimum atomic E-state index is -0.728. The maximum atomic E-state index is 11.8. The van der Waals surface area contributed by atoms with Crippen LogP contribution in [0.25, 0.3) is 11.4 Å². The lowest BCUT2D eigenvalue weighted by atomic mass is 9.74. The molecule has 2 aliphatic heterocycles. The van der Waals surface area contributed by atoms with E-state index >= 15 is 0 Å². The van der Waals surface area contributed by atoms with Crippen molar-refractivity contribution < 1.29 is 19.2 Å². The van der Waals surface area contributed by atoms with Crippen LogP contribution in [0.15, 0.2) is 28.8 Å². The summed E-state index contributed by atoms with van der Waals surface area (Å²) in [5.41, 5.74) is 1.37. The number of benzene rings is 1. The molecule has 0 amide bonds. The summed E-state index contributed by atoms with van der Waals surface area (Å²) >= 11 is 0. The first-order chi connectivity index (χ1) is 12.1. The third-order valence-corrected chi connectivity index (χ3v) is 5.34. The average Bonchev–Trinajstić information content (AvgIpc) is 3.20. The van der Waals surface area contributed by atoms with E-state index in [4.69, 9.17) is 9.26 Å². The molecule has 0 radical (unpaired) electrons. The smallest absolute Gasteiger partial charge is 0.311 e. The zero-order valence-electron chi connectivity index (χ0n) is 14.1. The Morgan fingerprint density at radius 3 is 2.92 bits per heavy atom. The second-order valence-electron chi connectivity index (χ2n) is 7.03. The van der Waals surface area contributed by atoms with Crippen molar-refractivity contribution in [2.75, 3.05) is 26.3 Å². The number of likely N-dealkylation sites (tertiary alicyclic amines) is 1. The molecular weight excluding hydrogens is 322 g/mol. The van der Waals surface area contributed by atoms with Gasteiger partial charge in [-0.25, -0.2) is 0 Å². The second kappa shape index (κ2) is 6.24. The van der Waals surface area contributed by atoms with Crippen LogP contribution in [0.1, 0.15) is 17.9 Å². The quantitative estimate of drug-likeness (QED) is 0.908. The molecule has 7 heteroatoms. The molecule has 0 saturated carbocycles. The minimum Gasteiger partial charge on any atom is -0.481 e. The van der Waals surface area contributed by atoms with Crippen LogP contribution in [0.4, 0.5) is 0 Å². The number of carbonyl (C=O) groups is 1. The fourth-order valence-electron chi connectivity index (χ4n) is 3.85. The molecule has 0 bridgehead atoms. The van der Waals surface area contributed by atoms with Gasteiger partial charge < -0.3 is 14.4 Å². The summed E-state index contributed by atoms with van der Waals surface area (Å²) in [4.78, 5) is 18.4.